The van der Waals surface area contributed by atoms with Crippen molar-refractivity contribution >= 4 is 17.3 Å². The fourth-order valence-corrected chi connectivity index (χ4v) is 4.58. The van der Waals surface area contributed by atoms with Gasteiger partial charge in [0.05, 0.1) is 0 Å². The Bertz CT molecular complexity index is 801. The number of nitrogens with two attached hydrogens (primary N) is 1. The number of nitrogen functional groups attached to an aromatic ring is 1. The summed E-state index contributed by atoms with van der Waals surface area (Å²) in [5.74, 6) is 7.84. The molecule has 0 aliphatic carbocycles. The van der Waals surface area contributed by atoms with Crippen LogP contribution in [0.3, 0.4) is 0 Å². The highest BCUT2D eigenvalue weighted by atomic mass is 35.5. The number of hydrogen-bond acceptors (Lipinski definition) is 2. The number of nitrogens with zero attached hydrogens (tertiary/aromatic N) is 1. The summed E-state index contributed by atoms with van der Waals surface area (Å²) in [5.41, 5.74) is 8.96. The fourth-order valence-electron chi connectivity index (χ4n) is 4.45. The summed E-state index contributed by atoms with van der Waals surface area (Å²) in [4.78, 5) is 2.55. The molecule has 4 rings (SSSR count). The molecule has 2 aliphatic heterocycles. The Hall–Kier alpha value is -1.95. The molecule has 2 aromatic carbocycles. The number of anilines is 1. The summed E-state index contributed by atoms with van der Waals surface area (Å²) in [5, 5.41) is 0.796. The van der Waals surface area contributed by atoms with Crippen LogP contribution in [0.5, 0.6) is 0 Å². The summed E-state index contributed by atoms with van der Waals surface area (Å²) >= 11 is 6.09. The third-order valence-electron chi connectivity index (χ3n) is 5.86. The monoisotopic (exact) mass is 350 g/mol. The molecule has 0 aromatic heterocycles. The second-order valence-corrected chi connectivity index (χ2v) is 7.71. The number of fused-ring (bicyclic) bond motifs is 2. The van der Waals surface area contributed by atoms with Crippen LogP contribution in [0.2, 0.25) is 5.02 Å². The van der Waals surface area contributed by atoms with Gasteiger partial charge in [-0.3, -0.25) is 4.90 Å². The predicted molar refractivity (Wildman–Crippen MR) is 105 cm³/mol. The Balaban J connectivity index is 1.67. The fraction of sp³-hybridized carbons (Fsp3) is 0.364. The molecule has 2 aliphatic rings. The SMILES string of the molecule is CN1[C@H]2CC[C@@H]1[C@@H](C#Cc1ccc(N)cc1)[C@@H](c1ccc(Cl)cc1)C2. The average Bonchev–Trinajstić information content (AvgIpc) is 2.86. The third kappa shape index (κ3) is 3.27. The van der Waals surface area contributed by atoms with Gasteiger partial charge >= 0.3 is 0 Å². The molecule has 2 aromatic rings. The molecule has 2 N–H and O–H groups in total. The lowest BCUT2D eigenvalue weighted by Crippen LogP contribution is -2.45. The van der Waals surface area contributed by atoms with E-state index in [1.807, 2.05) is 36.4 Å². The minimum Gasteiger partial charge on any atom is -0.399 e. The van der Waals surface area contributed by atoms with Crippen LogP contribution in [0.1, 0.15) is 36.3 Å². The number of piperidine rings is 1. The van der Waals surface area contributed by atoms with Gasteiger partial charge in [-0.2, -0.15) is 0 Å². The van der Waals surface area contributed by atoms with Crippen molar-refractivity contribution in [3.8, 4) is 11.8 Å². The van der Waals surface area contributed by atoms with E-state index < -0.39 is 0 Å². The number of benzene rings is 2. The van der Waals surface area contributed by atoms with E-state index >= 15 is 0 Å². The van der Waals surface area contributed by atoms with Crippen molar-refractivity contribution in [3.05, 3.63) is 64.7 Å². The first kappa shape index (κ1) is 16.5. The van der Waals surface area contributed by atoms with Crippen molar-refractivity contribution < 1.29 is 0 Å². The Morgan fingerprint density at radius 1 is 1.04 bits per heavy atom. The first-order chi connectivity index (χ1) is 12.1. The summed E-state index contributed by atoms with van der Waals surface area (Å²) in [6, 6.07) is 17.4. The number of rotatable bonds is 1. The zero-order chi connectivity index (χ0) is 17.4. The van der Waals surface area contributed by atoms with Crippen molar-refractivity contribution in [1.29, 1.82) is 0 Å². The first-order valence-electron chi connectivity index (χ1n) is 8.96. The minimum absolute atomic E-state index is 0.350. The predicted octanol–water partition coefficient (Wildman–Crippen LogP) is 4.54. The van der Waals surface area contributed by atoms with Gasteiger partial charge in [0.15, 0.2) is 0 Å². The van der Waals surface area contributed by atoms with Crippen LogP contribution < -0.4 is 5.73 Å². The maximum Gasteiger partial charge on any atom is 0.0431 e. The molecule has 3 heteroatoms. The van der Waals surface area contributed by atoms with E-state index in [9.17, 15) is 0 Å². The van der Waals surface area contributed by atoms with Crippen LogP contribution in [0.4, 0.5) is 5.69 Å². The van der Waals surface area contributed by atoms with E-state index in [1.54, 1.807) is 0 Å². The maximum absolute atomic E-state index is 6.09. The molecule has 128 valence electrons. The molecule has 2 fully saturated rings. The molecule has 0 saturated carbocycles. The zero-order valence-corrected chi connectivity index (χ0v) is 15.2. The van der Waals surface area contributed by atoms with Crippen LogP contribution in [-0.4, -0.2) is 24.0 Å². The minimum atomic E-state index is 0.350. The van der Waals surface area contributed by atoms with Crippen molar-refractivity contribution in [2.75, 3.05) is 12.8 Å². The van der Waals surface area contributed by atoms with Crippen molar-refractivity contribution in [1.82, 2.24) is 4.90 Å². The topological polar surface area (TPSA) is 29.3 Å². The van der Waals surface area contributed by atoms with Crippen LogP contribution >= 0.6 is 11.6 Å². The standard InChI is InChI=1S/C22H23ClN2/c1-25-19-11-13-22(25)20(12-4-15-2-9-18(24)10-3-15)21(14-19)16-5-7-17(23)8-6-16/h2-3,5-10,19-22H,11,13-14,24H2,1H3/t19-,20-,21+,22+/m0/s1. The molecule has 0 amide bonds. The van der Waals surface area contributed by atoms with E-state index in [-0.39, 0.29) is 0 Å². The summed E-state index contributed by atoms with van der Waals surface area (Å²) in [6.07, 6.45) is 3.70. The molecule has 0 radical (unpaired) electrons. The van der Waals surface area contributed by atoms with E-state index in [4.69, 9.17) is 17.3 Å². The van der Waals surface area contributed by atoms with E-state index in [2.05, 4.69) is 35.9 Å². The number of halogens is 1. The Morgan fingerprint density at radius 3 is 2.48 bits per heavy atom. The van der Waals surface area contributed by atoms with Gasteiger partial charge < -0.3 is 5.73 Å². The van der Waals surface area contributed by atoms with Gasteiger partial charge in [-0.05, 0) is 68.3 Å². The largest absolute Gasteiger partial charge is 0.399 e. The van der Waals surface area contributed by atoms with E-state index in [0.29, 0.717) is 23.9 Å². The van der Waals surface area contributed by atoms with Gasteiger partial charge in [-0.1, -0.05) is 35.6 Å². The van der Waals surface area contributed by atoms with Gasteiger partial charge in [0, 0.05) is 40.2 Å². The lowest BCUT2D eigenvalue weighted by atomic mass is 9.76. The van der Waals surface area contributed by atoms with Crippen LogP contribution in [-0.2, 0) is 0 Å². The third-order valence-corrected chi connectivity index (χ3v) is 6.11. The molecule has 0 spiro atoms. The van der Waals surface area contributed by atoms with Crippen molar-refractivity contribution in [2.24, 2.45) is 5.92 Å². The van der Waals surface area contributed by atoms with Gasteiger partial charge in [0.2, 0.25) is 0 Å². The van der Waals surface area contributed by atoms with Crippen LogP contribution in [0.15, 0.2) is 48.5 Å². The first-order valence-corrected chi connectivity index (χ1v) is 9.34. The lowest BCUT2D eigenvalue weighted by molar-refractivity contribution is 0.128. The number of hydrogen-bond donors (Lipinski definition) is 1. The summed E-state index contributed by atoms with van der Waals surface area (Å²) in [7, 11) is 2.26. The van der Waals surface area contributed by atoms with E-state index in [1.165, 1.54) is 24.8 Å². The second kappa shape index (κ2) is 6.75. The Kier molecular flexibility index (Phi) is 4.46. The highest BCUT2D eigenvalue weighted by Gasteiger charge is 2.45. The quantitative estimate of drug-likeness (QED) is 0.604. The van der Waals surface area contributed by atoms with E-state index in [0.717, 1.165) is 16.3 Å². The van der Waals surface area contributed by atoms with Gasteiger partial charge in [-0.15, -0.1) is 0 Å². The Labute approximate surface area is 155 Å². The molecule has 2 saturated heterocycles. The van der Waals surface area contributed by atoms with Gasteiger partial charge in [-0.25, -0.2) is 0 Å². The molecule has 4 atom stereocenters. The van der Waals surface area contributed by atoms with Crippen LogP contribution in [0.25, 0.3) is 0 Å². The molecule has 2 bridgehead atoms. The highest BCUT2D eigenvalue weighted by molar-refractivity contribution is 6.30. The molecule has 0 unspecified atom stereocenters. The summed E-state index contributed by atoms with van der Waals surface area (Å²) < 4.78 is 0. The molecule has 2 nitrogen and oxygen atoms in total. The van der Waals surface area contributed by atoms with Gasteiger partial charge in [0.1, 0.15) is 0 Å². The van der Waals surface area contributed by atoms with Crippen LogP contribution in [0, 0.1) is 17.8 Å². The van der Waals surface area contributed by atoms with Crippen molar-refractivity contribution in [2.45, 2.75) is 37.3 Å². The average molecular weight is 351 g/mol. The highest BCUT2D eigenvalue weighted by Crippen LogP contribution is 2.46. The van der Waals surface area contributed by atoms with Crippen molar-refractivity contribution in [3.63, 3.8) is 0 Å². The van der Waals surface area contributed by atoms with Gasteiger partial charge in [0.25, 0.3) is 0 Å². The molecule has 2 heterocycles. The maximum atomic E-state index is 6.09. The normalized spacial score (nSPS) is 28.4. The Morgan fingerprint density at radius 2 is 1.76 bits per heavy atom. The molecular weight excluding hydrogens is 328 g/mol. The smallest absolute Gasteiger partial charge is 0.0431 e. The summed E-state index contributed by atoms with van der Waals surface area (Å²) in [6.45, 7) is 0. The lowest BCUT2D eigenvalue weighted by Gasteiger charge is -2.41. The second-order valence-electron chi connectivity index (χ2n) is 7.27. The zero-order valence-electron chi connectivity index (χ0n) is 14.5. The molecular formula is C22H23ClN2. The molecule has 25 heavy (non-hydrogen) atoms.